The number of benzene rings is 2. The molecule has 1 amide bonds. The molecular weight excluding hydrogens is 330 g/mol. The maximum absolute atomic E-state index is 12.2. The number of esters is 1. The highest BCUT2D eigenvalue weighted by molar-refractivity contribution is 5.92. The minimum absolute atomic E-state index is 0.268. The summed E-state index contributed by atoms with van der Waals surface area (Å²) in [5, 5.41) is 0. The molecule has 2 N–H and O–H groups in total. The number of nitrogens with two attached hydrogens (primary N) is 1. The third-order valence-corrected chi connectivity index (χ3v) is 4.14. The molecule has 0 heterocycles. The van der Waals surface area contributed by atoms with Gasteiger partial charge in [-0.25, -0.2) is 4.79 Å². The van der Waals surface area contributed by atoms with Gasteiger partial charge in [-0.2, -0.15) is 0 Å². The summed E-state index contributed by atoms with van der Waals surface area (Å²) in [6.07, 6.45) is 0. The van der Waals surface area contributed by atoms with Crippen LogP contribution < -0.4 is 10.6 Å². The molecule has 6 heteroatoms. The van der Waals surface area contributed by atoms with Crippen LogP contribution in [0.5, 0.6) is 0 Å². The largest absolute Gasteiger partial charge is 0.452 e. The first-order valence-electron chi connectivity index (χ1n) is 8.31. The Balaban J connectivity index is 1.88. The van der Waals surface area contributed by atoms with E-state index in [1.54, 1.807) is 25.2 Å². The number of hydrogen-bond donors (Lipinski definition) is 1. The van der Waals surface area contributed by atoms with E-state index in [1.807, 2.05) is 50.2 Å². The zero-order chi connectivity index (χ0) is 19.3. The molecule has 0 atom stereocenters. The highest BCUT2D eigenvalue weighted by Crippen LogP contribution is 2.15. The minimum atomic E-state index is -0.561. The molecule has 6 nitrogen and oxygen atoms in total. The molecule has 26 heavy (non-hydrogen) atoms. The zero-order valence-electron chi connectivity index (χ0n) is 15.7. The molecule has 0 fully saturated rings. The first-order valence-corrected chi connectivity index (χ1v) is 8.31. The van der Waals surface area contributed by atoms with Crippen LogP contribution in [0, 0.1) is 6.92 Å². The molecule has 2 aromatic rings. The van der Waals surface area contributed by atoms with E-state index in [0.717, 1.165) is 16.8 Å². The number of amides is 1. The van der Waals surface area contributed by atoms with E-state index >= 15 is 0 Å². The van der Waals surface area contributed by atoms with Gasteiger partial charge in [-0.1, -0.05) is 18.2 Å². The van der Waals surface area contributed by atoms with Gasteiger partial charge in [-0.15, -0.1) is 0 Å². The number of carbonyl (C=O) groups is 2. The summed E-state index contributed by atoms with van der Waals surface area (Å²) in [5.41, 5.74) is 9.63. The second kappa shape index (κ2) is 8.38. The molecule has 0 bridgehead atoms. The number of anilines is 2. The molecule has 138 valence electrons. The molecule has 0 saturated heterocycles. The third kappa shape index (κ3) is 4.99. The first-order chi connectivity index (χ1) is 12.3. The van der Waals surface area contributed by atoms with Crippen molar-refractivity contribution in [2.75, 3.05) is 38.4 Å². The van der Waals surface area contributed by atoms with Crippen molar-refractivity contribution in [2.45, 2.75) is 13.5 Å². The number of ether oxygens (including phenoxy) is 1. The van der Waals surface area contributed by atoms with Crippen molar-refractivity contribution < 1.29 is 14.3 Å². The molecule has 0 spiro atoms. The van der Waals surface area contributed by atoms with Crippen LogP contribution in [0.2, 0.25) is 0 Å². The summed E-state index contributed by atoms with van der Waals surface area (Å²) in [6.45, 7) is 1.99. The lowest BCUT2D eigenvalue weighted by atomic mass is 10.1. The Labute approximate surface area is 154 Å². The fourth-order valence-electron chi connectivity index (χ4n) is 2.35. The maximum atomic E-state index is 12.2. The molecule has 0 aliphatic heterocycles. The van der Waals surface area contributed by atoms with Crippen LogP contribution in [0.25, 0.3) is 0 Å². The zero-order valence-corrected chi connectivity index (χ0v) is 15.7. The number of nitrogen functional groups attached to an aromatic ring is 1. The Kier molecular flexibility index (Phi) is 6.22. The van der Waals surface area contributed by atoms with Gasteiger partial charge >= 0.3 is 5.97 Å². The summed E-state index contributed by atoms with van der Waals surface area (Å²) in [4.78, 5) is 27.8. The van der Waals surface area contributed by atoms with Crippen LogP contribution in [-0.4, -0.2) is 44.5 Å². The number of rotatable bonds is 6. The quantitative estimate of drug-likeness (QED) is 0.636. The predicted molar refractivity (Wildman–Crippen MR) is 103 cm³/mol. The van der Waals surface area contributed by atoms with Crippen molar-refractivity contribution in [1.29, 1.82) is 0 Å². The van der Waals surface area contributed by atoms with Crippen LogP contribution in [0.3, 0.4) is 0 Å². The monoisotopic (exact) mass is 355 g/mol. The van der Waals surface area contributed by atoms with E-state index in [4.69, 9.17) is 10.5 Å². The molecule has 0 aromatic heterocycles. The van der Waals surface area contributed by atoms with Gasteiger partial charge in [-0.05, 0) is 42.3 Å². The summed E-state index contributed by atoms with van der Waals surface area (Å²) in [6, 6.07) is 12.9. The number of hydrogen-bond acceptors (Lipinski definition) is 5. The molecule has 0 radical (unpaired) electrons. The molecule has 0 saturated carbocycles. The number of aryl methyl sites for hydroxylation is 1. The average Bonchev–Trinajstić information content (AvgIpc) is 2.62. The van der Waals surface area contributed by atoms with Gasteiger partial charge in [0.15, 0.2) is 6.61 Å². The van der Waals surface area contributed by atoms with Crippen molar-refractivity contribution in [3.05, 3.63) is 59.2 Å². The van der Waals surface area contributed by atoms with Gasteiger partial charge in [0, 0.05) is 39.1 Å². The summed E-state index contributed by atoms with van der Waals surface area (Å²) in [5.74, 6) is -0.830. The van der Waals surface area contributed by atoms with Crippen molar-refractivity contribution >= 4 is 23.3 Å². The Morgan fingerprint density at radius 1 is 1.04 bits per heavy atom. The standard InChI is InChI=1S/C20H25N3O3/c1-14-5-8-16(11-18(14)21)20(25)26-13-19(24)23(4)12-15-6-9-17(10-7-15)22(2)3/h5-11H,12-13,21H2,1-4H3. The number of likely N-dealkylation sites (N-methyl/N-ethyl adjacent to an activating group) is 1. The molecule has 0 unspecified atom stereocenters. The summed E-state index contributed by atoms with van der Waals surface area (Å²) < 4.78 is 5.10. The van der Waals surface area contributed by atoms with Crippen LogP contribution in [0.1, 0.15) is 21.5 Å². The Bertz CT molecular complexity index is 785. The number of carbonyl (C=O) groups excluding carboxylic acids is 2. The SMILES string of the molecule is Cc1ccc(C(=O)OCC(=O)N(C)Cc2ccc(N(C)C)cc2)cc1N. The molecule has 0 aliphatic rings. The molecule has 2 rings (SSSR count). The van der Waals surface area contributed by atoms with Gasteiger partial charge in [-0.3, -0.25) is 4.79 Å². The topological polar surface area (TPSA) is 75.9 Å². The molecule has 2 aromatic carbocycles. The Morgan fingerprint density at radius 3 is 2.27 bits per heavy atom. The lowest BCUT2D eigenvalue weighted by Gasteiger charge is -2.18. The van der Waals surface area contributed by atoms with Crippen molar-refractivity contribution in [3.8, 4) is 0 Å². The van der Waals surface area contributed by atoms with Crippen LogP contribution >= 0.6 is 0 Å². The minimum Gasteiger partial charge on any atom is -0.452 e. The third-order valence-electron chi connectivity index (χ3n) is 4.14. The van der Waals surface area contributed by atoms with Crippen molar-refractivity contribution in [2.24, 2.45) is 0 Å². The van der Waals surface area contributed by atoms with Crippen molar-refractivity contribution in [3.63, 3.8) is 0 Å². The fraction of sp³-hybridized carbons (Fsp3) is 0.300. The average molecular weight is 355 g/mol. The Hall–Kier alpha value is -3.02. The normalized spacial score (nSPS) is 10.3. The van der Waals surface area contributed by atoms with Gasteiger partial charge in [0.1, 0.15) is 0 Å². The number of nitrogens with zero attached hydrogens (tertiary/aromatic N) is 2. The fourth-order valence-corrected chi connectivity index (χ4v) is 2.35. The smallest absolute Gasteiger partial charge is 0.338 e. The van der Waals surface area contributed by atoms with Crippen LogP contribution in [-0.2, 0) is 16.1 Å². The van der Waals surface area contributed by atoms with Gasteiger partial charge in [0.2, 0.25) is 0 Å². The van der Waals surface area contributed by atoms with E-state index in [1.165, 1.54) is 4.90 Å². The highest BCUT2D eigenvalue weighted by atomic mass is 16.5. The van der Waals surface area contributed by atoms with Gasteiger partial charge in [0.05, 0.1) is 5.56 Å². The lowest BCUT2D eigenvalue weighted by molar-refractivity contribution is -0.133. The van der Waals surface area contributed by atoms with E-state index < -0.39 is 5.97 Å². The maximum Gasteiger partial charge on any atom is 0.338 e. The second-order valence-corrected chi connectivity index (χ2v) is 6.46. The van der Waals surface area contributed by atoms with Gasteiger partial charge in [0.25, 0.3) is 5.91 Å². The summed E-state index contributed by atoms with van der Waals surface area (Å²) >= 11 is 0. The van der Waals surface area contributed by atoms with Crippen LogP contribution in [0.4, 0.5) is 11.4 Å². The van der Waals surface area contributed by atoms with E-state index in [9.17, 15) is 9.59 Å². The summed E-state index contributed by atoms with van der Waals surface area (Å²) in [7, 11) is 5.63. The first kappa shape index (κ1) is 19.3. The molecular formula is C20H25N3O3. The highest BCUT2D eigenvalue weighted by Gasteiger charge is 2.14. The predicted octanol–water partition coefficient (Wildman–Crippen LogP) is 2.46. The van der Waals surface area contributed by atoms with E-state index in [-0.39, 0.29) is 12.5 Å². The lowest BCUT2D eigenvalue weighted by Crippen LogP contribution is -2.30. The van der Waals surface area contributed by atoms with Gasteiger partial charge < -0.3 is 20.3 Å². The molecule has 0 aliphatic carbocycles. The Morgan fingerprint density at radius 2 is 1.69 bits per heavy atom. The van der Waals surface area contributed by atoms with Crippen molar-refractivity contribution in [1.82, 2.24) is 4.90 Å². The second-order valence-electron chi connectivity index (χ2n) is 6.46. The van der Waals surface area contributed by atoms with E-state index in [2.05, 4.69) is 0 Å². The van der Waals surface area contributed by atoms with E-state index in [0.29, 0.717) is 17.8 Å². The van der Waals surface area contributed by atoms with Crippen LogP contribution in [0.15, 0.2) is 42.5 Å².